The largest absolute Gasteiger partial charge is 0.358 e. The molecule has 3 amide bonds. The molecule has 1 aromatic heterocycles. The third-order valence-electron chi connectivity index (χ3n) is 2.65. The maximum atomic E-state index is 11.8. The lowest BCUT2D eigenvalue weighted by Crippen LogP contribution is -2.37. The Labute approximate surface area is 121 Å². The molecule has 0 bridgehead atoms. The van der Waals surface area contributed by atoms with Gasteiger partial charge in [0.2, 0.25) is 5.91 Å². The van der Waals surface area contributed by atoms with E-state index < -0.39 is 6.03 Å². The third kappa shape index (κ3) is 3.58. The Morgan fingerprint density at radius 3 is 2.65 bits per heavy atom. The summed E-state index contributed by atoms with van der Waals surface area (Å²) >= 11 is 1.60. The normalized spacial score (nSPS) is 9.85. The molecule has 0 radical (unpaired) electrons. The fourth-order valence-corrected chi connectivity index (χ4v) is 2.42. The number of para-hydroxylation sites is 1. The molecule has 1 aromatic carbocycles. The zero-order valence-corrected chi connectivity index (χ0v) is 11.8. The SMILES string of the molecule is CNC(=O)CNC(=O)Nc1ccccc1-c1cccs1. The number of benzene rings is 1. The number of thiophene rings is 1. The van der Waals surface area contributed by atoms with Crippen molar-refractivity contribution in [1.82, 2.24) is 10.6 Å². The molecule has 104 valence electrons. The Bertz CT molecular complexity index is 596. The maximum absolute atomic E-state index is 11.8. The van der Waals surface area contributed by atoms with Crippen molar-refractivity contribution < 1.29 is 9.59 Å². The van der Waals surface area contributed by atoms with Gasteiger partial charge in [-0.2, -0.15) is 0 Å². The summed E-state index contributed by atoms with van der Waals surface area (Å²) in [6.45, 7) is -0.0521. The van der Waals surface area contributed by atoms with Gasteiger partial charge < -0.3 is 16.0 Å². The number of hydrogen-bond acceptors (Lipinski definition) is 3. The van der Waals surface area contributed by atoms with Crippen LogP contribution < -0.4 is 16.0 Å². The predicted molar refractivity (Wildman–Crippen MR) is 80.8 cm³/mol. The highest BCUT2D eigenvalue weighted by atomic mass is 32.1. The average Bonchev–Trinajstić information content (AvgIpc) is 2.99. The molecule has 6 heteroatoms. The summed E-state index contributed by atoms with van der Waals surface area (Å²) < 4.78 is 0. The van der Waals surface area contributed by atoms with Gasteiger partial charge in [-0.1, -0.05) is 24.3 Å². The Morgan fingerprint density at radius 2 is 1.95 bits per heavy atom. The van der Waals surface area contributed by atoms with Gasteiger partial charge >= 0.3 is 6.03 Å². The van der Waals surface area contributed by atoms with Crippen LogP contribution in [0.5, 0.6) is 0 Å². The monoisotopic (exact) mass is 289 g/mol. The first-order valence-electron chi connectivity index (χ1n) is 6.09. The molecular weight excluding hydrogens is 274 g/mol. The van der Waals surface area contributed by atoms with Crippen LogP contribution in [-0.4, -0.2) is 25.5 Å². The molecule has 0 aliphatic heterocycles. The summed E-state index contributed by atoms with van der Waals surface area (Å²) in [5, 5.41) is 9.67. The summed E-state index contributed by atoms with van der Waals surface area (Å²) in [6, 6.07) is 11.1. The molecular formula is C14H15N3O2S. The molecule has 0 aliphatic rings. The average molecular weight is 289 g/mol. The zero-order valence-electron chi connectivity index (χ0n) is 11.0. The molecule has 3 N–H and O–H groups in total. The fourth-order valence-electron chi connectivity index (χ4n) is 1.65. The highest BCUT2D eigenvalue weighted by Crippen LogP contribution is 2.31. The van der Waals surface area contributed by atoms with Gasteiger partial charge in [0.1, 0.15) is 0 Å². The summed E-state index contributed by atoms with van der Waals surface area (Å²) in [4.78, 5) is 23.9. The molecule has 0 aliphatic carbocycles. The first-order valence-corrected chi connectivity index (χ1v) is 6.97. The van der Waals surface area contributed by atoms with E-state index >= 15 is 0 Å². The fraction of sp³-hybridized carbons (Fsp3) is 0.143. The Balaban J connectivity index is 2.06. The van der Waals surface area contributed by atoms with Crippen molar-refractivity contribution in [2.24, 2.45) is 0 Å². The first kappa shape index (κ1) is 14.1. The Morgan fingerprint density at radius 1 is 1.15 bits per heavy atom. The molecule has 2 aromatic rings. The molecule has 2 rings (SSSR count). The van der Waals surface area contributed by atoms with E-state index in [2.05, 4.69) is 16.0 Å². The molecule has 0 saturated heterocycles. The number of nitrogens with one attached hydrogen (secondary N) is 3. The van der Waals surface area contributed by atoms with E-state index in [4.69, 9.17) is 0 Å². The van der Waals surface area contributed by atoms with Gasteiger partial charge in [0.15, 0.2) is 0 Å². The van der Waals surface area contributed by atoms with Crippen LogP contribution >= 0.6 is 11.3 Å². The number of likely N-dealkylation sites (N-methyl/N-ethyl adjacent to an activating group) is 1. The van der Waals surface area contributed by atoms with Crippen molar-refractivity contribution in [3.63, 3.8) is 0 Å². The van der Waals surface area contributed by atoms with Gasteiger partial charge in [0.05, 0.1) is 12.2 Å². The maximum Gasteiger partial charge on any atom is 0.319 e. The van der Waals surface area contributed by atoms with Crippen LogP contribution in [0.4, 0.5) is 10.5 Å². The van der Waals surface area contributed by atoms with E-state index in [1.807, 2.05) is 41.8 Å². The molecule has 0 unspecified atom stereocenters. The molecule has 5 nitrogen and oxygen atoms in total. The van der Waals surface area contributed by atoms with Gasteiger partial charge in [-0.3, -0.25) is 4.79 Å². The van der Waals surface area contributed by atoms with Gasteiger partial charge in [-0.25, -0.2) is 4.79 Å². The van der Waals surface area contributed by atoms with E-state index in [0.29, 0.717) is 5.69 Å². The number of amides is 3. The van der Waals surface area contributed by atoms with Crippen molar-refractivity contribution in [3.05, 3.63) is 41.8 Å². The second-order valence-corrected chi connectivity index (χ2v) is 4.95. The van der Waals surface area contributed by atoms with Crippen LogP contribution in [0.15, 0.2) is 41.8 Å². The van der Waals surface area contributed by atoms with Crippen LogP contribution in [0.3, 0.4) is 0 Å². The van der Waals surface area contributed by atoms with E-state index in [-0.39, 0.29) is 12.5 Å². The lowest BCUT2D eigenvalue weighted by atomic mass is 10.1. The quantitative estimate of drug-likeness (QED) is 0.808. The topological polar surface area (TPSA) is 70.2 Å². The number of anilines is 1. The van der Waals surface area contributed by atoms with E-state index in [0.717, 1.165) is 10.4 Å². The third-order valence-corrected chi connectivity index (χ3v) is 3.55. The van der Waals surface area contributed by atoms with Crippen LogP contribution in [0.1, 0.15) is 0 Å². The highest BCUT2D eigenvalue weighted by molar-refractivity contribution is 7.13. The molecule has 0 saturated carbocycles. The van der Waals surface area contributed by atoms with E-state index in [1.165, 1.54) is 7.05 Å². The minimum atomic E-state index is -0.405. The van der Waals surface area contributed by atoms with Crippen molar-refractivity contribution in [3.8, 4) is 10.4 Å². The lowest BCUT2D eigenvalue weighted by molar-refractivity contribution is -0.119. The number of rotatable bonds is 4. The molecule has 0 spiro atoms. The van der Waals surface area contributed by atoms with Gasteiger partial charge in [0, 0.05) is 17.5 Å². The Hall–Kier alpha value is -2.34. The standard InChI is InChI=1S/C14H15N3O2S/c1-15-13(18)9-16-14(19)17-11-6-3-2-5-10(11)12-7-4-8-20-12/h2-8H,9H2,1H3,(H,15,18)(H2,16,17,19). The number of urea groups is 1. The first-order chi connectivity index (χ1) is 9.70. The molecule has 1 heterocycles. The van der Waals surface area contributed by atoms with Crippen LogP contribution in [0.2, 0.25) is 0 Å². The van der Waals surface area contributed by atoms with Crippen molar-refractivity contribution in [1.29, 1.82) is 0 Å². The van der Waals surface area contributed by atoms with Crippen molar-refractivity contribution in [2.45, 2.75) is 0 Å². The second-order valence-electron chi connectivity index (χ2n) is 4.00. The highest BCUT2D eigenvalue weighted by Gasteiger charge is 2.09. The summed E-state index contributed by atoms with van der Waals surface area (Å²) in [7, 11) is 1.52. The lowest BCUT2D eigenvalue weighted by Gasteiger charge is -2.10. The van der Waals surface area contributed by atoms with Crippen LogP contribution in [0, 0.1) is 0 Å². The van der Waals surface area contributed by atoms with Gasteiger partial charge in [-0.15, -0.1) is 11.3 Å². The van der Waals surface area contributed by atoms with Crippen LogP contribution in [-0.2, 0) is 4.79 Å². The molecule has 0 fully saturated rings. The van der Waals surface area contributed by atoms with Crippen LogP contribution in [0.25, 0.3) is 10.4 Å². The smallest absolute Gasteiger partial charge is 0.319 e. The van der Waals surface area contributed by atoms with Crippen molar-refractivity contribution >= 4 is 29.0 Å². The predicted octanol–water partition coefficient (Wildman–Crippen LogP) is 2.28. The summed E-state index contributed by atoms with van der Waals surface area (Å²) in [5.74, 6) is -0.244. The number of hydrogen-bond donors (Lipinski definition) is 3. The Kier molecular flexibility index (Phi) is 4.73. The van der Waals surface area contributed by atoms with E-state index in [9.17, 15) is 9.59 Å². The van der Waals surface area contributed by atoms with Crippen molar-refractivity contribution in [2.75, 3.05) is 18.9 Å². The molecule has 20 heavy (non-hydrogen) atoms. The summed E-state index contributed by atoms with van der Waals surface area (Å²) in [5.41, 5.74) is 1.67. The minimum absolute atomic E-state index is 0.0521. The number of carbonyl (C=O) groups excluding carboxylic acids is 2. The molecule has 0 atom stereocenters. The van der Waals surface area contributed by atoms with Gasteiger partial charge in [-0.05, 0) is 17.5 Å². The zero-order chi connectivity index (χ0) is 14.4. The minimum Gasteiger partial charge on any atom is -0.358 e. The second kappa shape index (κ2) is 6.72. The number of carbonyl (C=O) groups is 2. The van der Waals surface area contributed by atoms with Gasteiger partial charge in [0.25, 0.3) is 0 Å². The summed E-state index contributed by atoms with van der Waals surface area (Å²) in [6.07, 6.45) is 0. The van der Waals surface area contributed by atoms with E-state index in [1.54, 1.807) is 11.3 Å².